The summed E-state index contributed by atoms with van der Waals surface area (Å²) in [5.74, 6) is -0.440. The second-order valence-electron chi connectivity index (χ2n) is 7.78. The standard InChI is InChI=1S/C21H40O4S3/c1-15(26)11-7-5-9-13-19(22)24-17(3)21(28)18(4)25-20(23)14-10-6-8-12-16(2)27/h15-18,21,26-28H,5-14H2,1-4H3. The first-order chi connectivity index (χ1) is 13.1. The number of carbonyl (C=O) groups excluding carboxylic acids is 2. The van der Waals surface area contributed by atoms with E-state index in [4.69, 9.17) is 9.47 Å². The Labute approximate surface area is 188 Å². The summed E-state index contributed by atoms with van der Waals surface area (Å²) in [7, 11) is 0. The first kappa shape index (κ1) is 28.0. The third kappa shape index (κ3) is 15.9. The van der Waals surface area contributed by atoms with Crippen LogP contribution in [-0.2, 0) is 19.1 Å². The molecule has 28 heavy (non-hydrogen) atoms. The molecular formula is C21H40O4S3. The van der Waals surface area contributed by atoms with Crippen molar-refractivity contribution in [3.63, 3.8) is 0 Å². The van der Waals surface area contributed by atoms with Crippen LogP contribution < -0.4 is 0 Å². The van der Waals surface area contributed by atoms with Crippen LogP contribution in [0.25, 0.3) is 0 Å². The van der Waals surface area contributed by atoms with Gasteiger partial charge in [-0.1, -0.05) is 39.5 Å². The second-order valence-corrected chi connectivity index (χ2v) is 10.1. The van der Waals surface area contributed by atoms with Crippen molar-refractivity contribution >= 4 is 49.8 Å². The summed E-state index contributed by atoms with van der Waals surface area (Å²) in [6.45, 7) is 7.73. The van der Waals surface area contributed by atoms with Crippen LogP contribution >= 0.6 is 37.9 Å². The maximum atomic E-state index is 12.0. The van der Waals surface area contributed by atoms with Gasteiger partial charge in [0.15, 0.2) is 0 Å². The molecule has 0 aliphatic carbocycles. The van der Waals surface area contributed by atoms with Crippen molar-refractivity contribution in [3.05, 3.63) is 0 Å². The summed E-state index contributed by atoms with van der Waals surface area (Å²) in [4.78, 5) is 23.9. The van der Waals surface area contributed by atoms with E-state index in [-0.39, 0.29) is 17.2 Å². The van der Waals surface area contributed by atoms with E-state index in [0.29, 0.717) is 23.3 Å². The van der Waals surface area contributed by atoms with Crippen LogP contribution in [0.1, 0.15) is 91.9 Å². The number of esters is 2. The van der Waals surface area contributed by atoms with Gasteiger partial charge < -0.3 is 9.47 Å². The Morgan fingerprint density at radius 3 is 1.32 bits per heavy atom. The average molecular weight is 453 g/mol. The van der Waals surface area contributed by atoms with E-state index in [2.05, 4.69) is 51.7 Å². The number of hydrogen-bond acceptors (Lipinski definition) is 7. The van der Waals surface area contributed by atoms with Gasteiger partial charge in [0.25, 0.3) is 0 Å². The molecule has 0 aliphatic rings. The van der Waals surface area contributed by atoms with E-state index in [9.17, 15) is 9.59 Å². The Hall–Kier alpha value is -0.0100. The molecule has 0 amide bonds. The lowest BCUT2D eigenvalue weighted by Gasteiger charge is -2.25. The van der Waals surface area contributed by atoms with Crippen LogP contribution in [0.5, 0.6) is 0 Å². The minimum atomic E-state index is -0.409. The molecule has 0 rings (SSSR count). The molecule has 166 valence electrons. The molecule has 0 aromatic rings. The van der Waals surface area contributed by atoms with Gasteiger partial charge in [-0.15, -0.1) is 0 Å². The SMILES string of the molecule is CC(S)CCCCCC(=O)OC(C)C(S)C(C)OC(=O)CCCCCC(C)S. The van der Waals surface area contributed by atoms with Crippen molar-refractivity contribution in [3.8, 4) is 0 Å². The normalized spacial score (nSPS) is 16.7. The van der Waals surface area contributed by atoms with Gasteiger partial charge in [0.05, 0.1) is 5.25 Å². The largest absolute Gasteiger partial charge is 0.461 e. The molecule has 4 atom stereocenters. The van der Waals surface area contributed by atoms with Crippen molar-refractivity contribution in [1.82, 2.24) is 0 Å². The van der Waals surface area contributed by atoms with Crippen LogP contribution in [0.2, 0.25) is 0 Å². The highest BCUT2D eigenvalue weighted by Gasteiger charge is 2.26. The summed E-state index contributed by atoms with van der Waals surface area (Å²) in [5, 5.41) is 0.457. The fourth-order valence-electron chi connectivity index (χ4n) is 2.83. The van der Waals surface area contributed by atoms with Gasteiger partial charge in [0, 0.05) is 12.8 Å². The van der Waals surface area contributed by atoms with Crippen molar-refractivity contribution in [1.29, 1.82) is 0 Å². The van der Waals surface area contributed by atoms with Crippen molar-refractivity contribution in [2.75, 3.05) is 0 Å². The Morgan fingerprint density at radius 2 is 1.00 bits per heavy atom. The average Bonchev–Trinajstić information content (AvgIpc) is 2.59. The number of ether oxygens (including phenoxy) is 2. The molecule has 7 heteroatoms. The van der Waals surface area contributed by atoms with Crippen LogP contribution in [-0.4, -0.2) is 39.9 Å². The highest BCUT2D eigenvalue weighted by atomic mass is 32.1. The molecule has 0 aromatic carbocycles. The molecule has 4 nitrogen and oxygen atoms in total. The number of rotatable bonds is 16. The molecule has 0 aliphatic heterocycles. The zero-order valence-corrected chi connectivity index (χ0v) is 20.6. The topological polar surface area (TPSA) is 52.6 Å². The molecule has 0 N–H and O–H groups in total. The van der Waals surface area contributed by atoms with E-state index in [1.807, 2.05) is 0 Å². The van der Waals surface area contributed by atoms with E-state index in [0.717, 1.165) is 51.4 Å². The third-order valence-corrected chi connectivity index (χ3v) is 5.96. The lowest BCUT2D eigenvalue weighted by Crippen LogP contribution is -2.35. The maximum Gasteiger partial charge on any atom is 0.306 e. The zero-order valence-electron chi connectivity index (χ0n) is 17.9. The predicted octanol–water partition coefficient (Wildman–Crippen LogP) is 5.69. The van der Waals surface area contributed by atoms with Gasteiger partial charge >= 0.3 is 11.9 Å². The molecule has 0 saturated heterocycles. The van der Waals surface area contributed by atoms with E-state index in [1.165, 1.54) is 0 Å². The second kappa shape index (κ2) is 16.8. The summed E-state index contributed by atoms with van der Waals surface area (Å²) in [6.07, 6.45) is 7.90. The van der Waals surface area contributed by atoms with E-state index in [1.54, 1.807) is 13.8 Å². The van der Waals surface area contributed by atoms with Gasteiger partial charge in [-0.05, 0) is 50.0 Å². The van der Waals surface area contributed by atoms with Gasteiger partial charge in [0.2, 0.25) is 0 Å². The molecule has 0 spiro atoms. The highest BCUT2D eigenvalue weighted by molar-refractivity contribution is 7.81. The molecule has 0 bridgehead atoms. The Balaban J connectivity index is 3.97. The van der Waals surface area contributed by atoms with Crippen LogP contribution in [0.4, 0.5) is 0 Å². The monoisotopic (exact) mass is 452 g/mol. The van der Waals surface area contributed by atoms with E-state index < -0.39 is 12.2 Å². The summed E-state index contributed by atoms with van der Waals surface area (Å²) < 4.78 is 10.9. The number of carbonyl (C=O) groups is 2. The Kier molecular flexibility index (Phi) is 16.7. The maximum absolute atomic E-state index is 12.0. The van der Waals surface area contributed by atoms with Crippen LogP contribution in [0, 0.1) is 0 Å². The summed E-state index contributed by atoms with van der Waals surface area (Å²) in [5.41, 5.74) is 0. The molecule has 0 saturated carbocycles. The zero-order chi connectivity index (χ0) is 21.5. The molecule has 0 heterocycles. The molecule has 0 fully saturated rings. The van der Waals surface area contributed by atoms with Crippen molar-refractivity contribution in [2.45, 2.75) is 120 Å². The Bertz CT molecular complexity index is 392. The van der Waals surface area contributed by atoms with Crippen LogP contribution in [0.3, 0.4) is 0 Å². The van der Waals surface area contributed by atoms with Gasteiger partial charge in [-0.3, -0.25) is 9.59 Å². The summed E-state index contributed by atoms with van der Waals surface area (Å²) in [6, 6.07) is 0. The molecule has 0 aromatic heterocycles. The highest BCUT2D eigenvalue weighted by Crippen LogP contribution is 2.17. The molecular weight excluding hydrogens is 412 g/mol. The Morgan fingerprint density at radius 1 is 0.643 bits per heavy atom. The van der Waals surface area contributed by atoms with Crippen molar-refractivity contribution in [2.24, 2.45) is 0 Å². The number of thiol groups is 3. The number of hydrogen-bond donors (Lipinski definition) is 3. The fourth-order valence-corrected chi connectivity index (χ4v) is 3.31. The quantitative estimate of drug-likeness (QED) is 0.160. The smallest absolute Gasteiger partial charge is 0.306 e. The lowest BCUT2D eigenvalue weighted by atomic mass is 10.1. The van der Waals surface area contributed by atoms with Crippen molar-refractivity contribution < 1.29 is 19.1 Å². The minimum Gasteiger partial charge on any atom is -0.461 e. The van der Waals surface area contributed by atoms with Gasteiger partial charge in [0.1, 0.15) is 12.2 Å². The molecule has 0 radical (unpaired) electrons. The number of unbranched alkanes of at least 4 members (excludes halogenated alkanes) is 4. The molecule has 4 unspecified atom stereocenters. The fraction of sp³-hybridized carbons (Fsp3) is 0.905. The van der Waals surface area contributed by atoms with E-state index >= 15 is 0 Å². The minimum absolute atomic E-state index is 0.220. The predicted molar refractivity (Wildman–Crippen MR) is 127 cm³/mol. The third-order valence-electron chi connectivity index (χ3n) is 4.60. The first-order valence-corrected chi connectivity index (χ1v) is 12.1. The summed E-state index contributed by atoms with van der Waals surface area (Å²) >= 11 is 13.2. The van der Waals surface area contributed by atoms with Gasteiger partial charge in [-0.2, -0.15) is 37.9 Å². The lowest BCUT2D eigenvalue weighted by molar-refractivity contribution is -0.153. The van der Waals surface area contributed by atoms with Crippen LogP contribution in [0.15, 0.2) is 0 Å². The van der Waals surface area contributed by atoms with Gasteiger partial charge in [-0.25, -0.2) is 0 Å². The first-order valence-electron chi connectivity index (χ1n) is 10.6.